The maximum absolute atomic E-state index is 9.58. The average Bonchev–Trinajstić information content (AvgIpc) is 2.03. The molecule has 0 aliphatic carbocycles. The van der Waals surface area contributed by atoms with E-state index >= 15 is 0 Å². The van der Waals surface area contributed by atoms with Gasteiger partial charge >= 0.3 is 0 Å². The minimum Gasteiger partial charge on any atom is -0.508 e. The number of phenols is 1. The molecular formula is C10H15NOS. The Kier molecular flexibility index (Phi) is 2.88. The van der Waals surface area contributed by atoms with E-state index in [4.69, 9.17) is 5.73 Å². The van der Waals surface area contributed by atoms with Gasteiger partial charge in [0.15, 0.2) is 0 Å². The molecule has 0 spiro atoms. The van der Waals surface area contributed by atoms with Gasteiger partial charge in [-0.3, -0.25) is 0 Å². The molecule has 0 heterocycles. The van der Waals surface area contributed by atoms with Crippen molar-refractivity contribution in [1.29, 1.82) is 0 Å². The first-order valence-electron chi connectivity index (χ1n) is 4.11. The van der Waals surface area contributed by atoms with Crippen LogP contribution in [0.15, 0.2) is 23.1 Å². The van der Waals surface area contributed by atoms with Crippen LogP contribution < -0.4 is 5.73 Å². The SMILES string of the molecule is CSc1ccc(O)c(C(C)(C)N)c1. The van der Waals surface area contributed by atoms with E-state index in [1.54, 1.807) is 17.8 Å². The van der Waals surface area contributed by atoms with E-state index in [2.05, 4.69) is 0 Å². The van der Waals surface area contributed by atoms with E-state index in [0.29, 0.717) is 0 Å². The lowest BCUT2D eigenvalue weighted by molar-refractivity contribution is 0.439. The van der Waals surface area contributed by atoms with Crippen LogP contribution in [0.25, 0.3) is 0 Å². The van der Waals surface area contributed by atoms with Gasteiger partial charge in [0.2, 0.25) is 0 Å². The minimum atomic E-state index is -0.490. The monoisotopic (exact) mass is 197 g/mol. The Morgan fingerprint density at radius 1 is 1.38 bits per heavy atom. The maximum Gasteiger partial charge on any atom is 0.120 e. The van der Waals surface area contributed by atoms with Crippen LogP contribution in [0.2, 0.25) is 0 Å². The number of hydrogen-bond acceptors (Lipinski definition) is 3. The van der Waals surface area contributed by atoms with E-state index in [-0.39, 0.29) is 5.75 Å². The van der Waals surface area contributed by atoms with Crippen LogP contribution >= 0.6 is 11.8 Å². The van der Waals surface area contributed by atoms with Gasteiger partial charge in [-0.1, -0.05) is 0 Å². The molecule has 1 aromatic rings. The van der Waals surface area contributed by atoms with Gasteiger partial charge in [0.05, 0.1) is 0 Å². The van der Waals surface area contributed by atoms with Crippen LogP contribution in [0.4, 0.5) is 0 Å². The molecule has 0 aromatic heterocycles. The number of aromatic hydroxyl groups is 1. The maximum atomic E-state index is 9.58. The predicted octanol–water partition coefficient (Wildman–Crippen LogP) is 2.31. The van der Waals surface area contributed by atoms with Gasteiger partial charge < -0.3 is 10.8 Å². The highest BCUT2D eigenvalue weighted by Gasteiger charge is 2.18. The van der Waals surface area contributed by atoms with E-state index in [9.17, 15) is 5.11 Å². The highest BCUT2D eigenvalue weighted by Crippen LogP contribution is 2.30. The van der Waals surface area contributed by atoms with Crippen LogP contribution in [-0.2, 0) is 5.54 Å². The second-order valence-electron chi connectivity index (χ2n) is 3.60. The highest BCUT2D eigenvalue weighted by molar-refractivity contribution is 7.98. The first-order chi connectivity index (χ1) is 5.95. The van der Waals surface area contributed by atoms with Crippen molar-refractivity contribution in [2.24, 2.45) is 5.73 Å². The predicted molar refractivity (Wildman–Crippen MR) is 57.1 cm³/mol. The van der Waals surface area contributed by atoms with Crippen molar-refractivity contribution in [2.75, 3.05) is 6.26 Å². The van der Waals surface area contributed by atoms with E-state index in [1.165, 1.54) is 0 Å². The third kappa shape index (κ3) is 2.39. The molecule has 0 atom stereocenters. The molecule has 1 aromatic carbocycles. The molecule has 2 nitrogen and oxygen atoms in total. The molecule has 13 heavy (non-hydrogen) atoms. The van der Waals surface area contributed by atoms with E-state index in [0.717, 1.165) is 10.5 Å². The second-order valence-corrected chi connectivity index (χ2v) is 4.48. The number of thioether (sulfide) groups is 1. The summed E-state index contributed by atoms with van der Waals surface area (Å²) in [6.07, 6.45) is 2.00. The Hall–Kier alpha value is -0.670. The van der Waals surface area contributed by atoms with Crippen molar-refractivity contribution in [3.63, 3.8) is 0 Å². The molecule has 0 saturated carbocycles. The van der Waals surface area contributed by atoms with Crippen LogP contribution in [-0.4, -0.2) is 11.4 Å². The zero-order valence-corrected chi connectivity index (χ0v) is 8.98. The van der Waals surface area contributed by atoms with Gasteiger partial charge in [-0.2, -0.15) is 0 Å². The topological polar surface area (TPSA) is 46.2 Å². The molecule has 0 saturated heterocycles. The lowest BCUT2D eigenvalue weighted by atomic mass is 9.95. The van der Waals surface area contributed by atoms with Crippen molar-refractivity contribution >= 4 is 11.8 Å². The lowest BCUT2D eigenvalue weighted by Crippen LogP contribution is -2.28. The molecule has 72 valence electrons. The molecule has 3 heteroatoms. The zero-order chi connectivity index (χ0) is 10.1. The standard InChI is InChI=1S/C10H15NOS/c1-10(2,11)8-6-7(13-3)4-5-9(8)12/h4-6,12H,11H2,1-3H3. The smallest absolute Gasteiger partial charge is 0.120 e. The van der Waals surface area contributed by atoms with Crippen molar-refractivity contribution in [3.8, 4) is 5.75 Å². The van der Waals surface area contributed by atoms with Crippen molar-refractivity contribution in [2.45, 2.75) is 24.3 Å². The molecule has 3 N–H and O–H groups in total. The van der Waals surface area contributed by atoms with E-state index in [1.807, 2.05) is 32.2 Å². The van der Waals surface area contributed by atoms with Crippen LogP contribution in [0.5, 0.6) is 5.75 Å². The van der Waals surface area contributed by atoms with Crippen molar-refractivity contribution < 1.29 is 5.11 Å². The largest absolute Gasteiger partial charge is 0.508 e. The van der Waals surface area contributed by atoms with Crippen LogP contribution in [0.1, 0.15) is 19.4 Å². The van der Waals surface area contributed by atoms with Gasteiger partial charge in [-0.05, 0) is 38.3 Å². The number of benzene rings is 1. The van der Waals surface area contributed by atoms with Gasteiger partial charge in [0, 0.05) is 16.0 Å². The van der Waals surface area contributed by atoms with Crippen LogP contribution in [0, 0.1) is 0 Å². The molecule has 0 radical (unpaired) electrons. The molecule has 0 aliphatic heterocycles. The Balaban J connectivity index is 3.19. The molecular weight excluding hydrogens is 182 g/mol. The summed E-state index contributed by atoms with van der Waals surface area (Å²) in [7, 11) is 0. The Bertz CT molecular complexity index is 304. The van der Waals surface area contributed by atoms with Crippen molar-refractivity contribution in [1.82, 2.24) is 0 Å². The fraction of sp³-hybridized carbons (Fsp3) is 0.400. The normalized spacial score (nSPS) is 11.7. The highest BCUT2D eigenvalue weighted by atomic mass is 32.2. The third-order valence-electron chi connectivity index (χ3n) is 1.90. The first-order valence-corrected chi connectivity index (χ1v) is 5.34. The molecule has 0 bridgehead atoms. The molecule has 1 rings (SSSR count). The fourth-order valence-electron chi connectivity index (χ4n) is 1.16. The number of nitrogens with two attached hydrogens (primary N) is 1. The van der Waals surface area contributed by atoms with E-state index < -0.39 is 5.54 Å². The summed E-state index contributed by atoms with van der Waals surface area (Å²) in [6, 6.07) is 5.50. The van der Waals surface area contributed by atoms with Crippen LogP contribution in [0.3, 0.4) is 0 Å². The summed E-state index contributed by atoms with van der Waals surface area (Å²) in [6.45, 7) is 3.76. The Morgan fingerprint density at radius 2 is 2.00 bits per heavy atom. The Labute approximate surface area is 83.1 Å². The number of hydrogen-bond donors (Lipinski definition) is 2. The summed E-state index contributed by atoms with van der Waals surface area (Å²) in [5.74, 6) is 0.269. The number of rotatable bonds is 2. The van der Waals surface area contributed by atoms with Crippen molar-refractivity contribution in [3.05, 3.63) is 23.8 Å². The zero-order valence-electron chi connectivity index (χ0n) is 8.16. The summed E-state index contributed by atoms with van der Waals surface area (Å²) >= 11 is 1.64. The average molecular weight is 197 g/mol. The molecule has 0 unspecified atom stereocenters. The summed E-state index contributed by atoms with van der Waals surface area (Å²) in [5.41, 5.74) is 6.21. The summed E-state index contributed by atoms with van der Waals surface area (Å²) in [5, 5.41) is 9.58. The molecule has 0 amide bonds. The lowest BCUT2D eigenvalue weighted by Gasteiger charge is -2.20. The first kappa shape index (κ1) is 10.4. The summed E-state index contributed by atoms with van der Waals surface area (Å²) < 4.78 is 0. The fourth-order valence-corrected chi connectivity index (χ4v) is 1.60. The summed E-state index contributed by atoms with van der Waals surface area (Å²) in [4.78, 5) is 1.12. The third-order valence-corrected chi connectivity index (χ3v) is 2.62. The van der Waals surface area contributed by atoms with Gasteiger partial charge in [-0.25, -0.2) is 0 Å². The molecule has 0 fully saturated rings. The minimum absolute atomic E-state index is 0.269. The second kappa shape index (κ2) is 3.60. The van der Waals surface area contributed by atoms with Gasteiger partial charge in [0.1, 0.15) is 5.75 Å². The quantitative estimate of drug-likeness (QED) is 0.715. The van der Waals surface area contributed by atoms with Gasteiger partial charge in [0.25, 0.3) is 0 Å². The number of phenolic OH excluding ortho intramolecular Hbond substituents is 1. The Morgan fingerprint density at radius 3 is 2.46 bits per heavy atom. The van der Waals surface area contributed by atoms with Gasteiger partial charge in [-0.15, -0.1) is 11.8 Å². The molecule has 0 aliphatic rings.